The first kappa shape index (κ1) is 15.2. The molecule has 8 nitrogen and oxygen atoms in total. The molecule has 1 atom stereocenters. The molecule has 1 fully saturated rings. The number of rotatable bonds is 4. The van der Waals surface area contributed by atoms with Crippen LogP contribution in [0.5, 0.6) is 0 Å². The van der Waals surface area contributed by atoms with E-state index in [2.05, 4.69) is 10.2 Å². The average Bonchev–Trinajstić information content (AvgIpc) is 3.09. The molecule has 3 rings (SSSR count). The zero-order valence-corrected chi connectivity index (χ0v) is 12.3. The van der Waals surface area contributed by atoms with E-state index < -0.39 is 12.0 Å². The highest BCUT2D eigenvalue weighted by Crippen LogP contribution is 2.16. The van der Waals surface area contributed by atoms with Crippen molar-refractivity contribution in [1.82, 2.24) is 19.7 Å². The predicted octanol–water partition coefficient (Wildman–Crippen LogP) is 0.583. The number of carbonyl (C=O) groups excluding carboxylic acids is 1. The van der Waals surface area contributed by atoms with E-state index in [-0.39, 0.29) is 18.9 Å². The molecule has 0 radical (unpaired) electrons. The number of aromatic nitrogens is 3. The molecule has 2 heterocycles. The maximum absolute atomic E-state index is 12.6. The van der Waals surface area contributed by atoms with Crippen LogP contribution in [0.3, 0.4) is 0 Å². The Labute approximate surface area is 132 Å². The van der Waals surface area contributed by atoms with Crippen molar-refractivity contribution in [1.29, 1.82) is 0 Å². The van der Waals surface area contributed by atoms with Crippen LogP contribution in [0.25, 0.3) is 5.69 Å². The molecule has 0 aliphatic carbocycles. The van der Waals surface area contributed by atoms with Crippen molar-refractivity contribution in [3.63, 3.8) is 0 Å². The fraction of sp³-hybridized carbons (Fsp3) is 0.333. The molecular weight excluding hydrogens is 300 g/mol. The molecule has 2 aromatic rings. The van der Waals surface area contributed by atoms with Gasteiger partial charge in [0.2, 0.25) is 0 Å². The number of nitrogens with zero attached hydrogens (tertiary/aromatic N) is 4. The SMILES string of the molecule is O=C(O)C[C@@H]1COCCN1C(=O)c1ccc(-n2cnnc2)cc1. The first-order valence-electron chi connectivity index (χ1n) is 7.21. The predicted molar refractivity (Wildman–Crippen MR) is 79.3 cm³/mol. The quantitative estimate of drug-likeness (QED) is 0.886. The standard InChI is InChI=1S/C15H16N4O4/c20-14(21)7-13-8-23-6-5-19(13)15(22)11-1-3-12(4-2-11)18-9-16-17-10-18/h1-4,9-10,13H,5-8H2,(H,20,21)/t13-/m1/s1. The van der Waals surface area contributed by atoms with Crippen molar-refractivity contribution >= 4 is 11.9 Å². The Morgan fingerprint density at radius 2 is 1.91 bits per heavy atom. The smallest absolute Gasteiger partial charge is 0.305 e. The van der Waals surface area contributed by atoms with Gasteiger partial charge in [-0.25, -0.2) is 0 Å². The molecule has 1 aliphatic rings. The molecule has 23 heavy (non-hydrogen) atoms. The number of ether oxygens (including phenoxy) is 1. The number of benzene rings is 1. The van der Waals surface area contributed by atoms with Gasteiger partial charge < -0.3 is 14.7 Å². The van der Waals surface area contributed by atoms with E-state index >= 15 is 0 Å². The highest BCUT2D eigenvalue weighted by Gasteiger charge is 2.29. The second-order valence-corrected chi connectivity index (χ2v) is 5.24. The van der Waals surface area contributed by atoms with Gasteiger partial charge in [-0.05, 0) is 24.3 Å². The van der Waals surface area contributed by atoms with Crippen LogP contribution < -0.4 is 0 Å². The van der Waals surface area contributed by atoms with Crippen LogP contribution in [-0.2, 0) is 9.53 Å². The van der Waals surface area contributed by atoms with Crippen LogP contribution >= 0.6 is 0 Å². The summed E-state index contributed by atoms with van der Waals surface area (Å²) in [6.45, 7) is 1.06. The Morgan fingerprint density at radius 1 is 1.22 bits per heavy atom. The average molecular weight is 316 g/mol. The molecule has 1 N–H and O–H groups in total. The molecule has 120 valence electrons. The minimum Gasteiger partial charge on any atom is -0.481 e. The maximum atomic E-state index is 12.6. The second-order valence-electron chi connectivity index (χ2n) is 5.24. The summed E-state index contributed by atoms with van der Waals surface area (Å²) >= 11 is 0. The Hall–Kier alpha value is -2.74. The molecule has 0 bridgehead atoms. The summed E-state index contributed by atoms with van der Waals surface area (Å²) in [5, 5.41) is 16.4. The van der Waals surface area contributed by atoms with E-state index in [1.807, 2.05) is 0 Å². The molecule has 0 saturated carbocycles. The van der Waals surface area contributed by atoms with Crippen LogP contribution in [0.1, 0.15) is 16.8 Å². The molecule has 0 spiro atoms. The van der Waals surface area contributed by atoms with Gasteiger partial charge in [0.15, 0.2) is 0 Å². The Bertz CT molecular complexity index is 684. The lowest BCUT2D eigenvalue weighted by molar-refractivity contribution is -0.139. The first-order valence-corrected chi connectivity index (χ1v) is 7.21. The fourth-order valence-corrected chi connectivity index (χ4v) is 2.57. The van der Waals surface area contributed by atoms with Gasteiger partial charge in [0, 0.05) is 17.8 Å². The summed E-state index contributed by atoms with van der Waals surface area (Å²) in [5.41, 5.74) is 1.36. The third kappa shape index (κ3) is 3.37. The number of carbonyl (C=O) groups is 2. The van der Waals surface area contributed by atoms with Crippen molar-refractivity contribution in [2.75, 3.05) is 19.8 Å². The van der Waals surface area contributed by atoms with Crippen molar-refractivity contribution in [2.24, 2.45) is 0 Å². The van der Waals surface area contributed by atoms with Crippen LogP contribution in [0, 0.1) is 0 Å². The van der Waals surface area contributed by atoms with E-state index in [0.717, 1.165) is 5.69 Å². The molecule has 1 saturated heterocycles. The van der Waals surface area contributed by atoms with E-state index in [9.17, 15) is 9.59 Å². The first-order chi connectivity index (χ1) is 11.1. The zero-order valence-electron chi connectivity index (χ0n) is 12.3. The lowest BCUT2D eigenvalue weighted by Crippen LogP contribution is -2.49. The van der Waals surface area contributed by atoms with Crippen LogP contribution in [-0.4, -0.2) is 62.4 Å². The van der Waals surface area contributed by atoms with Gasteiger partial charge in [0.25, 0.3) is 5.91 Å². The summed E-state index contributed by atoms with van der Waals surface area (Å²) in [6, 6.07) is 6.58. The molecule has 0 unspecified atom stereocenters. The van der Waals surface area contributed by atoms with Gasteiger partial charge in [0.05, 0.1) is 25.7 Å². The van der Waals surface area contributed by atoms with E-state index in [1.54, 1.807) is 46.4 Å². The van der Waals surface area contributed by atoms with E-state index in [4.69, 9.17) is 9.84 Å². The fourth-order valence-electron chi connectivity index (χ4n) is 2.57. The number of aliphatic carboxylic acids is 1. The highest BCUT2D eigenvalue weighted by atomic mass is 16.5. The minimum atomic E-state index is -0.943. The van der Waals surface area contributed by atoms with E-state index in [1.165, 1.54) is 0 Å². The molecule has 1 aromatic heterocycles. The summed E-state index contributed by atoms with van der Waals surface area (Å²) in [7, 11) is 0. The molecular formula is C15H16N4O4. The summed E-state index contributed by atoms with van der Waals surface area (Å²) in [4.78, 5) is 25.2. The molecule has 1 aromatic carbocycles. The van der Waals surface area contributed by atoms with Crippen molar-refractivity contribution in [2.45, 2.75) is 12.5 Å². The number of amides is 1. The number of hydrogen-bond acceptors (Lipinski definition) is 5. The zero-order chi connectivity index (χ0) is 16.2. The molecule has 1 aliphatic heterocycles. The topological polar surface area (TPSA) is 97.6 Å². The van der Waals surface area contributed by atoms with Crippen molar-refractivity contribution in [3.8, 4) is 5.69 Å². The van der Waals surface area contributed by atoms with Gasteiger partial charge >= 0.3 is 5.97 Å². The second kappa shape index (κ2) is 6.57. The van der Waals surface area contributed by atoms with Crippen molar-refractivity contribution in [3.05, 3.63) is 42.5 Å². The molecule has 1 amide bonds. The Morgan fingerprint density at radius 3 is 2.57 bits per heavy atom. The van der Waals surface area contributed by atoms with Crippen molar-refractivity contribution < 1.29 is 19.4 Å². The lowest BCUT2D eigenvalue weighted by atomic mass is 10.1. The lowest BCUT2D eigenvalue weighted by Gasteiger charge is -2.34. The largest absolute Gasteiger partial charge is 0.481 e. The summed E-state index contributed by atoms with van der Waals surface area (Å²) < 4.78 is 7.03. The number of carboxylic acid groups (broad SMARTS) is 1. The van der Waals surface area contributed by atoms with Gasteiger partial charge in [-0.2, -0.15) is 0 Å². The minimum absolute atomic E-state index is 0.121. The van der Waals surface area contributed by atoms with Crippen LogP contribution in [0.2, 0.25) is 0 Å². The third-order valence-electron chi connectivity index (χ3n) is 3.73. The van der Waals surface area contributed by atoms with Gasteiger partial charge in [-0.1, -0.05) is 0 Å². The molecule has 8 heteroatoms. The Kier molecular flexibility index (Phi) is 4.33. The summed E-state index contributed by atoms with van der Waals surface area (Å²) in [5.74, 6) is -1.13. The Balaban J connectivity index is 1.77. The number of morpholine rings is 1. The van der Waals surface area contributed by atoms with Gasteiger partial charge in [-0.3, -0.25) is 14.2 Å². The number of hydrogen-bond donors (Lipinski definition) is 1. The van der Waals surface area contributed by atoms with Crippen LogP contribution in [0.15, 0.2) is 36.9 Å². The monoisotopic (exact) mass is 316 g/mol. The third-order valence-corrected chi connectivity index (χ3v) is 3.73. The number of carboxylic acids is 1. The van der Waals surface area contributed by atoms with Gasteiger partial charge in [0.1, 0.15) is 12.7 Å². The normalized spacial score (nSPS) is 17.9. The van der Waals surface area contributed by atoms with Crippen LogP contribution in [0.4, 0.5) is 0 Å². The van der Waals surface area contributed by atoms with Gasteiger partial charge in [-0.15, -0.1) is 10.2 Å². The summed E-state index contributed by atoms with van der Waals surface area (Å²) in [6.07, 6.45) is 3.02. The highest BCUT2D eigenvalue weighted by molar-refractivity contribution is 5.95. The van der Waals surface area contributed by atoms with E-state index in [0.29, 0.717) is 18.7 Å². The maximum Gasteiger partial charge on any atom is 0.305 e.